The topological polar surface area (TPSA) is 75.4 Å². The van der Waals surface area contributed by atoms with Crippen LogP contribution in [0.2, 0.25) is 0 Å². The molecule has 0 aliphatic rings. The fraction of sp³-hybridized carbons (Fsp3) is 0.200. The molecule has 1 aromatic heterocycles. The Hall–Kier alpha value is -2.18. The maximum absolute atomic E-state index is 12.0. The Morgan fingerprint density at radius 1 is 1.24 bits per heavy atom. The number of rotatable bonds is 6. The van der Waals surface area contributed by atoms with Gasteiger partial charge in [-0.15, -0.1) is 11.3 Å². The summed E-state index contributed by atoms with van der Waals surface area (Å²) in [6, 6.07) is 10.7. The van der Waals surface area contributed by atoms with Gasteiger partial charge in [0.25, 0.3) is 5.91 Å². The second-order valence-corrected chi connectivity index (χ2v) is 5.74. The summed E-state index contributed by atoms with van der Waals surface area (Å²) in [5, 5.41) is 4.73. The van der Waals surface area contributed by atoms with Gasteiger partial charge in [0.1, 0.15) is 0 Å². The first-order valence-electron chi connectivity index (χ1n) is 6.46. The minimum Gasteiger partial charge on any atom is -0.366 e. The molecule has 1 heterocycles. The van der Waals surface area contributed by atoms with Crippen molar-refractivity contribution >= 4 is 28.8 Å². The van der Waals surface area contributed by atoms with Crippen molar-refractivity contribution in [2.24, 2.45) is 5.73 Å². The number of nitrogens with one attached hydrogen (secondary N) is 1. The van der Waals surface area contributed by atoms with E-state index in [4.69, 9.17) is 5.73 Å². The molecule has 0 fully saturated rings. The molecule has 2 aromatic rings. The van der Waals surface area contributed by atoms with E-state index in [0.717, 1.165) is 0 Å². The molecule has 0 aliphatic carbocycles. The van der Waals surface area contributed by atoms with Gasteiger partial charge in [0.2, 0.25) is 5.91 Å². The number of para-hydroxylation sites is 1. The third-order valence-corrected chi connectivity index (χ3v) is 3.75. The Labute approximate surface area is 127 Å². The van der Waals surface area contributed by atoms with Gasteiger partial charge < -0.3 is 11.1 Å². The lowest BCUT2D eigenvalue weighted by Gasteiger charge is -2.16. The number of primary amides is 1. The lowest BCUT2D eigenvalue weighted by Crippen LogP contribution is -2.30. The van der Waals surface area contributed by atoms with E-state index in [1.165, 1.54) is 4.88 Å². The summed E-state index contributed by atoms with van der Waals surface area (Å²) in [6.07, 6.45) is 0. The zero-order valence-corrected chi connectivity index (χ0v) is 12.5. The maximum atomic E-state index is 12.0. The Balaban J connectivity index is 1.94. The fourth-order valence-electron chi connectivity index (χ4n) is 1.97. The highest BCUT2D eigenvalue weighted by Gasteiger charge is 2.12. The van der Waals surface area contributed by atoms with E-state index >= 15 is 0 Å². The first-order valence-corrected chi connectivity index (χ1v) is 7.34. The SMILES string of the molecule is CN(CC(=O)Nc1ccccc1C(N)=O)Cc1cccs1. The highest BCUT2D eigenvalue weighted by Crippen LogP contribution is 2.14. The smallest absolute Gasteiger partial charge is 0.250 e. The first kappa shape index (κ1) is 15.2. The maximum Gasteiger partial charge on any atom is 0.250 e. The number of hydrogen-bond acceptors (Lipinski definition) is 4. The van der Waals surface area contributed by atoms with Gasteiger partial charge in [-0.25, -0.2) is 0 Å². The zero-order valence-electron chi connectivity index (χ0n) is 11.7. The molecule has 0 unspecified atom stereocenters. The number of carbonyl (C=O) groups excluding carboxylic acids is 2. The number of thiophene rings is 1. The van der Waals surface area contributed by atoms with Crippen molar-refractivity contribution in [2.45, 2.75) is 6.54 Å². The van der Waals surface area contributed by atoms with E-state index in [1.54, 1.807) is 35.6 Å². The molecule has 5 nitrogen and oxygen atoms in total. The lowest BCUT2D eigenvalue weighted by atomic mass is 10.1. The molecule has 0 saturated heterocycles. The van der Waals surface area contributed by atoms with Crippen LogP contribution in [0, 0.1) is 0 Å². The molecule has 2 amide bonds. The highest BCUT2D eigenvalue weighted by molar-refractivity contribution is 7.09. The first-order chi connectivity index (χ1) is 10.1. The number of nitrogens with zero attached hydrogens (tertiary/aromatic N) is 1. The summed E-state index contributed by atoms with van der Waals surface area (Å²) >= 11 is 1.65. The largest absolute Gasteiger partial charge is 0.366 e. The lowest BCUT2D eigenvalue weighted by molar-refractivity contribution is -0.117. The number of carbonyl (C=O) groups is 2. The summed E-state index contributed by atoms with van der Waals surface area (Å²) in [5.41, 5.74) is 6.04. The van der Waals surface area contributed by atoms with Crippen molar-refractivity contribution in [3.8, 4) is 0 Å². The summed E-state index contributed by atoms with van der Waals surface area (Å²) in [5.74, 6) is -0.736. The molecule has 0 radical (unpaired) electrons. The van der Waals surface area contributed by atoms with Gasteiger partial charge in [-0.1, -0.05) is 18.2 Å². The molecule has 0 aliphatic heterocycles. The number of benzene rings is 1. The summed E-state index contributed by atoms with van der Waals surface area (Å²) < 4.78 is 0. The van der Waals surface area contributed by atoms with E-state index < -0.39 is 5.91 Å². The predicted octanol–water partition coefficient (Wildman–Crippen LogP) is 1.92. The van der Waals surface area contributed by atoms with E-state index in [0.29, 0.717) is 17.8 Å². The average molecular weight is 303 g/mol. The molecule has 0 saturated carbocycles. The van der Waals surface area contributed by atoms with E-state index in [-0.39, 0.29) is 12.5 Å². The molecule has 110 valence electrons. The standard InChI is InChI=1S/C15H17N3O2S/c1-18(9-11-5-4-8-21-11)10-14(19)17-13-7-3-2-6-12(13)15(16)20/h2-8H,9-10H2,1H3,(H2,16,20)(H,17,19). The molecular weight excluding hydrogens is 286 g/mol. The minimum absolute atomic E-state index is 0.178. The van der Waals surface area contributed by atoms with Gasteiger partial charge in [-0.05, 0) is 30.6 Å². The van der Waals surface area contributed by atoms with Gasteiger partial charge in [0, 0.05) is 11.4 Å². The van der Waals surface area contributed by atoms with Crippen LogP contribution in [0.25, 0.3) is 0 Å². The normalized spacial score (nSPS) is 10.6. The third kappa shape index (κ3) is 4.40. The van der Waals surface area contributed by atoms with Crippen LogP contribution in [0.5, 0.6) is 0 Å². The van der Waals surface area contributed by atoms with Crippen molar-refractivity contribution in [2.75, 3.05) is 18.9 Å². The van der Waals surface area contributed by atoms with Gasteiger partial charge in [0.15, 0.2) is 0 Å². The molecule has 1 aromatic carbocycles. The second kappa shape index (κ2) is 7.01. The molecule has 0 bridgehead atoms. The van der Waals surface area contributed by atoms with Gasteiger partial charge in [-0.3, -0.25) is 14.5 Å². The Bertz CT molecular complexity index is 626. The van der Waals surface area contributed by atoms with Crippen molar-refractivity contribution in [1.29, 1.82) is 0 Å². The predicted molar refractivity (Wildman–Crippen MR) is 84.2 cm³/mol. The molecule has 6 heteroatoms. The van der Waals surface area contributed by atoms with Crippen LogP contribution in [0.4, 0.5) is 5.69 Å². The van der Waals surface area contributed by atoms with Gasteiger partial charge >= 0.3 is 0 Å². The second-order valence-electron chi connectivity index (χ2n) is 4.71. The van der Waals surface area contributed by atoms with Crippen molar-refractivity contribution in [3.05, 3.63) is 52.2 Å². The fourth-order valence-corrected chi connectivity index (χ4v) is 2.75. The van der Waals surface area contributed by atoms with Crippen molar-refractivity contribution in [3.63, 3.8) is 0 Å². The molecule has 21 heavy (non-hydrogen) atoms. The summed E-state index contributed by atoms with van der Waals surface area (Å²) in [7, 11) is 1.87. The molecule has 0 atom stereocenters. The monoisotopic (exact) mass is 303 g/mol. The minimum atomic E-state index is -0.558. The van der Waals surface area contributed by atoms with Crippen LogP contribution < -0.4 is 11.1 Å². The van der Waals surface area contributed by atoms with Crippen LogP contribution >= 0.6 is 11.3 Å². The van der Waals surface area contributed by atoms with Crippen molar-refractivity contribution < 1.29 is 9.59 Å². The Morgan fingerprint density at radius 3 is 2.67 bits per heavy atom. The van der Waals surface area contributed by atoms with E-state index in [1.807, 2.05) is 29.5 Å². The Kier molecular flexibility index (Phi) is 5.08. The van der Waals surface area contributed by atoms with Crippen LogP contribution in [0.1, 0.15) is 15.2 Å². The van der Waals surface area contributed by atoms with Crippen LogP contribution in [0.3, 0.4) is 0 Å². The molecule has 0 spiro atoms. The van der Waals surface area contributed by atoms with E-state index in [9.17, 15) is 9.59 Å². The van der Waals surface area contributed by atoms with Crippen molar-refractivity contribution in [1.82, 2.24) is 4.90 Å². The number of anilines is 1. The van der Waals surface area contributed by atoms with Crippen LogP contribution in [-0.4, -0.2) is 30.3 Å². The molecular formula is C15H17N3O2S. The molecule has 2 rings (SSSR count). The molecule has 3 N–H and O–H groups in total. The average Bonchev–Trinajstić information content (AvgIpc) is 2.91. The highest BCUT2D eigenvalue weighted by atomic mass is 32.1. The number of hydrogen-bond donors (Lipinski definition) is 2. The zero-order chi connectivity index (χ0) is 15.2. The number of amides is 2. The van der Waals surface area contributed by atoms with E-state index in [2.05, 4.69) is 5.32 Å². The van der Waals surface area contributed by atoms with Crippen LogP contribution in [0.15, 0.2) is 41.8 Å². The van der Waals surface area contributed by atoms with Gasteiger partial charge in [0.05, 0.1) is 17.8 Å². The van der Waals surface area contributed by atoms with Gasteiger partial charge in [-0.2, -0.15) is 0 Å². The number of nitrogens with two attached hydrogens (primary N) is 1. The quantitative estimate of drug-likeness (QED) is 0.856. The summed E-state index contributed by atoms with van der Waals surface area (Å²) in [4.78, 5) is 26.4. The van der Waals surface area contributed by atoms with Crippen LogP contribution in [-0.2, 0) is 11.3 Å². The third-order valence-electron chi connectivity index (χ3n) is 2.89. The summed E-state index contributed by atoms with van der Waals surface area (Å²) in [6.45, 7) is 0.952. The number of likely N-dealkylation sites (N-methyl/N-ethyl adjacent to an activating group) is 1. The Morgan fingerprint density at radius 2 is 2.00 bits per heavy atom.